The molecule has 1 rings (SSSR count). The van der Waals surface area contributed by atoms with Gasteiger partial charge in [-0.25, -0.2) is 0 Å². The first-order valence-corrected chi connectivity index (χ1v) is 6.38. The van der Waals surface area contributed by atoms with E-state index < -0.39 is 4.92 Å². The van der Waals surface area contributed by atoms with Gasteiger partial charge in [0.1, 0.15) is 0 Å². The van der Waals surface area contributed by atoms with Gasteiger partial charge in [0.05, 0.1) is 24.1 Å². The minimum Gasteiger partial charge on any atom is -0.469 e. The first kappa shape index (κ1) is 15.4. The van der Waals surface area contributed by atoms with Crippen LogP contribution in [-0.2, 0) is 9.53 Å². The molecular formula is C12H15BrN2O4. The highest BCUT2D eigenvalue weighted by Crippen LogP contribution is 2.32. The third-order valence-electron chi connectivity index (χ3n) is 2.75. The van der Waals surface area contributed by atoms with Crippen molar-refractivity contribution in [1.82, 2.24) is 0 Å². The fourth-order valence-electron chi connectivity index (χ4n) is 1.63. The van der Waals surface area contributed by atoms with E-state index in [0.29, 0.717) is 16.6 Å². The third-order valence-corrected chi connectivity index (χ3v) is 3.39. The molecule has 0 saturated heterocycles. The van der Waals surface area contributed by atoms with Crippen molar-refractivity contribution in [2.45, 2.75) is 13.3 Å². The van der Waals surface area contributed by atoms with Gasteiger partial charge in [-0.2, -0.15) is 0 Å². The number of aryl methyl sites for hydroxylation is 1. The number of rotatable bonds is 5. The van der Waals surface area contributed by atoms with Gasteiger partial charge in [0, 0.05) is 29.7 Å². The van der Waals surface area contributed by atoms with Crippen LogP contribution in [0.2, 0.25) is 0 Å². The SMILES string of the molecule is COC(=O)CCN(C)c1cc(C)c([N+](=O)[O-])cc1Br. The number of nitro benzene ring substituents is 1. The second-order valence-corrected chi connectivity index (χ2v) is 4.95. The summed E-state index contributed by atoms with van der Waals surface area (Å²) < 4.78 is 5.20. The molecule has 0 bridgehead atoms. The van der Waals surface area contributed by atoms with Crippen LogP contribution in [0, 0.1) is 17.0 Å². The number of nitrogens with zero attached hydrogens (tertiary/aromatic N) is 2. The molecule has 0 atom stereocenters. The summed E-state index contributed by atoms with van der Waals surface area (Å²) in [5, 5.41) is 10.8. The molecule has 7 heteroatoms. The molecule has 0 aliphatic carbocycles. The maximum Gasteiger partial charge on any atom is 0.307 e. The molecule has 104 valence electrons. The first-order valence-electron chi connectivity index (χ1n) is 5.59. The lowest BCUT2D eigenvalue weighted by atomic mass is 10.1. The van der Waals surface area contributed by atoms with E-state index in [1.807, 2.05) is 11.9 Å². The first-order chi connectivity index (χ1) is 8.86. The van der Waals surface area contributed by atoms with Crippen molar-refractivity contribution in [3.8, 4) is 0 Å². The van der Waals surface area contributed by atoms with Gasteiger partial charge in [-0.1, -0.05) is 0 Å². The summed E-state index contributed by atoms with van der Waals surface area (Å²) in [5.74, 6) is -0.290. The van der Waals surface area contributed by atoms with Crippen LogP contribution >= 0.6 is 15.9 Å². The van der Waals surface area contributed by atoms with Crippen molar-refractivity contribution < 1.29 is 14.5 Å². The van der Waals surface area contributed by atoms with Gasteiger partial charge < -0.3 is 9.64 Å². The Balaban J connectivity index is 2.92. The lowest BCUT2D eigenvalue weighted by Crippen LogP contribution is -2.22. The number of anilines is 1. The molecule has 0 spiro atoms. The minimum absolute atomic E-state index is 0.0667. The number of hydrogen-bond donors (Lipinski definition) is 0. The Morgan fingerprint density at radius 1 is 1.53 bits per heavy atom. The molecule has 0 unspecified atom stereocenters. The van der Waals surface area contributed by atoms with Gasteiger partial charge in [0.25, 0.3) is 5.69 Å². The van der Waals surface area contributed by atoms with E-state index in [1.54, 1.807) is 13.0 Å². The molecule has 1 aromatic carbocycles. The lowest BCUT2D eigenvalue weighted by Gasteiger charge is -2.20. The van der Waals surface area contributed by atoms with E-state index in [0.717, 1.165) is 5.69 Å². The summed E-state index contributed by atoms with van der Waals surface area (Å²) in [6.45, 7) is 2.16. The molecular weight excluding hydrogens is 316 g/mol. The molecule has 0 aromatic heterocycles. The van der Waals surface area contributed by atoms with Crippen LogP contribution in [0.3, 0.4) is 0 Å². The number of ether oxygens (including phenoxy) is 1. The Morgan fingerprint density at radius 2 is 2.16 bits per heavy atom. The highest BCUT2D eigenvalue weighted by atomic mass is 79.9. The van der Waals surface area contributed by atoms with Gasteiger partial charge >= 0.3 is 5.97 Å². The average Bonchev–Trinajstić information content (AvgIpc) is 2.37. The van der Waals surface area contributed by atoms with Crippen molar-refractivity contribution in [1.29, 1.82) is 0 Å². The van der Waals surface area contributed by atoms with Crippen molar-refractivity contribution in [3.63, 3.8) is 0 Å². The molecule has 0 saturated carbocycles. The van der Waals surface area contributed by atoms with Crippen LogP contribution in [0.25, 0.3) is 0 Å². The maximum absolute atomic E-state index is 11.1. The fourth-order valence-corrected chi connectivity index (χ4v) is 2.26. The molecule has 0 aliphatic rings. The van der Waals surface area contributed by atoms with Crippen LogP contribution < -0.4 is 4.90 Å². The molecule has 6 nitrogen and oxygen atoms in total. The van der Waals surface area contributed by atoms with E-state index in [-0.39, 0.29) is 18.1 Å². The molecule has 19 heavy (non-hydrogen) atoms. The number of carbonyl (C=O) groups excluding carboxylic acids is 1. The van der Waals surface area contributed by atoms with E-state index in [9.17, 15) is 14.9 Å². The highest BCUT2D eigenvalue weighted by molar-refractivity contribution is 9.10. The second-order valence-electron chi connectivity index (χ2n) is 4.09. The number of esters is 1. The highest BCUT2D eigenvalue weighted by Gasteiger charge is 2.16. The van der Waals surface area contributed by atoms with Crippen molar-refractivity contribution >= 4 is 33.3 Å². The Labute approximate surface area is 119 Å². The van der Waals surface area contributed by atoms with Crippen LogP contribution in [0.15, 0.2) is 16.6 Å². The number of carbonyl (C=O) groups is 1. The summed E-state index contributed by atoms with van der Waals surface area (Å²) in [4.78, 5) is 23.3. The normalized spacial score (nSPS) is 10.1. The molecule has 0 radical (unpaired) electrons. The van der Waals surface area contributed by atoms with Gasteiger partial charge in [-0.15, -0.1) is 0 Å². The van der Waals surface area contributed by atoms with Crippen LogP contribution in [0.4, 0.5) is 11.4 Å². The summed E-state index contributed by atoms with van der Waals surface area (Å²) in [6, 6.07) is 3.19. The molecule has 0 aliphatic heterocycles. The summed E-state index contributed by atoms with van der Waals surface area (Å²) >= 11 is 3.31. The summed E-state index contributed by atoms with van der Waals surface area (Å²) in [6.07, 6.45) is 0.259. The Kier molecular flexibility index (Phi) is 5.29. The number of hydrogen-bond acceptors (Lipinski definition) is 5. The molecule has 0 amide bonds. The Hall–Kier alpha value is -1.63. The van der Waals surface area contributed by atoms with Crippen LogP contribution in [0.1, 0.15) is 12.0 Å². The summed E-state index contributed by atoms with van der Waals surface area (Å²) in [5.41, 5.74) is 1.44. The van der Waals surface area contributed by atoms with Gasteiger partial charge in [0.15, 0.2) is 0 Å². The summed E-state index contributed by atoms with van der Waals surface area (Å²) in [7, 11) is 3.16. The fraction of sp³-hybridized carbons (Fsp3) is 0.417. The lowest BCUT2D eigenvalue weighted by molar-refractivity contribution is -0.385. The predicted molar refractivity (Wildman–Crippen MR) is 75.4 cm³/mol. The molecule has 1 aromatic rings. The van der Waals surface area contributed by atoms with E-state index >= 15 is 0 Å². The van der Waals surface area contributed by atoms with Gasteiger partial charge in [-0.3, -0.25) is 14.9 Å². The zero-order chi connectivity index (χ0) is 14.6. The predicted octanol–water partition coefficient (Wildman–Crippen LogP) is 2.67. The van der Waals surface area contributed by atoms with Crippen molar-refractivity contribution in [2.75, 3.05) is 25.6 Å². The largest absolute Gasteiger partial charge is 0.469 e. The Morgan fingerprint density at radius 3 is 2.68 bits per heavy atom. The topological polar surface area (TPSA) is 72.7 Å². The zero-order valence-electron chi connectivity index (χ0n) is 11.0. The molecule has 0 heterocycles. The van der Waals surface area contributed by atoms with Crippen LogP contribution in [-0.4, -0.2) is 31.6 Å². The number of benzene rings is 1. The quantitative estimate of drug-likeness (QED) is 0.471. The Bertz CT molecular complexity index is 505. The molecule has 0 fully saturated rings. The zero-order valence-corrected chi connectivity index (χ0v) is 12.6. The smallest absolute Gasteiger partial charge is 0.307 e. The van der Waals surface area contributed by atoms with Gasteiger partial charge in [0.2, 0.25) is 0 Å². The number of halogens is 1. The standard InChI is InChI=1S/C12H15BrN2O4/c1-8-6-11(9(13)7-10(8)15(17)18)14(2)5-4-12(16)19-3/h6-7H,4-5H2,1-3H3. The second kappa shape index (κ2) is 6.51. The van der Waals surface area contributed by atoms with E-state index in [2.05, 4.69) is 20.7 Å². The minimum atomic E-state index is -0.418. The number of methoxy groups -OCH3 is 1. The average molecular weight is 331 g/mol. The van der Waals surface area contributed by atoms with E-state index in [1.165, 1.54) is 13.2 Å². The number of nitro groups is 1. The third kappa shape index (κ3) is 3.92. The molecule has 0 N–H and O–H groups in total. The maximum atomic E-state index is 11.1. The van der Waals surface area contributed by atoms with Gasteiger partial charge in [-0.05, 0) is 28.9 Å². The van der Waals surface area contributed by atoms with Crippen molar-refractivity contribution in [2.24, 2.45) is 0 Å². The van der Waals surface area contributed by atoms with Crippen molar-refractivity contribution in [3.05, 3.63) is 32.3 Å². The van der Waals surface area contributed by atoms with Crippen LogP contribution in [0.5, 0.6) is 0 Å². The van der Waals surface area contributed by atoms with E-state index in [4.69, 9.17) is 0 Å². The monoisotopic (exact) mass is 330 g/mol.